The topological polar surface area (TPSA) is 381 Å². The number of thioether (sulfide) groups is 1. The fourth-order valence-corrected chi connectivity index (χ4v) is 11.9. The van der Waals surface area contributed by atoms with Gasteiger partial charge in [0.2, 0.25) is 11.8 Å². The second-order valence-electron chi connectivity index (χ2n) is 19.8. The molecule has 1 aliphatic heterocycles. The largest absolute Gasteiger partial charge is 0.481 e. The molecule has 25 nitrogen and oxygen atoms in total. The predicted molar refractivity (Wildman–Crippen MR) is 284 cm³/mol. The molecule has 3 heterocycles. The highest BCUT2D eigenvalue weighted by atomic mass is 32.2. The van der Waals surface area contributed by atoms with Gasteiger partial charge in [0.15, 0.2) is 22.8 Å². The zero-order valence-electron chi connectivity index (χ0n) is 44.2. The summed E-state index contributed by atoms with van der Waals surface area (Å²) in [5.41, 5.74) is 4.25. The summed E-state index contributed by atoms with van der Waals surface area (Å²) in [6, 6.07) is 0. The molecular weight excluding hydrogens is 1080 g/mol. The summed E-state index contributed by atoms with van der Waals surface area (Å²) in [6.07, 6.45) is 20.1. The molecule has 0 bridgehead atoms. The standard InChI is InChI=1S/C47H84N7O18P3S/c1-4-5-6-7-8-9-10-11-12-13-14-15-16-17-18-19-20-21-22-23-24-25-35(55)30-38(57)76-29-28-49-37(56)26-27-50-45(60)42(59)47(2,3)32-69-75(66,67)72-74(64,65)68-31-36-41(71-73(61,62)63)40(58)46(70-36)54-34-53-39-43(48)51-33-52-44(39)54/h33-34,36,40-42,46,58-59H,4-32H2,1-3H3,(H,49,56)(H,50,60)(H,64,65)(H,66,67)(H2,48,51,52)(H2,61,62,63). The fourth-order valence-electron chi connectivity index (χ4n) is 8.35. The summed E-state index contributed by atoms with van der Waals surface area (Å²) in [5.74, 6) is -1.38. The van der Waals surface area contributed by atoms with E-state index in [1.54, 1.807) is 0 Å². The van der Waals surface area contributed by atoms with Crippen LogP contribution in [-0.2, 0) is 55.5 Å². The Hall–Kier alpha value is -2.77. The highest BCUT2D eigenvalue weighted by molar-refractivity contribution is 8.13. The number of nitrogen functional groups attached to an aromatic ring is 1. The van der Waals surface area contributed by atoms with E-state index in [9.17, 15) is 62.7 Å². The van der Waals surface area contributed by atoms with Gasteiger partial charge in [0.25, 0.3) is 0 Å². The molecular formula is C47H84N7O18P3S. The molecule has 1 fully saturated rings. The average Bonchev–Trinajstić information content (AvgIpc) is 3.91. The number of aliphatic hydroxyl groups excluding tert-OH is 2. The lowest BCUT2D eigenvalue weighted by Crippen LogP contribution is -2.46. The number of carbonyl (C=O) groups excluding carboxylic acids is 4. The first-order valence-corrected chi connectivity index (χ1v) is 32.0. The van der Waals surface area contributed by atoms with Crippen molar-refractivity contribution < 1.29 is 85.3 Å². The van der Waals surface area contributed by atoms with Gasteiger partial charge in [-0.1, -0.05) is 161 Å². The summed E-state index contributed by atoms with van der Waals surface area (Å²) >= 11 is 0.945. The molecule has 3 rings (SSSR count). The molecule has 7 unspecified atom stereocenters. The highest BCUT2D eigenvalue weighted by Gasteiger charge is 2.50. The minimum Gasteiger partial charge on any atom is -0.386 e. The zero-order valence-corrected chi connectivity index (χ0v) is 47.7. The number of nitrogens with one attached hydrogen (secondary N) is 2. The van der Waals surface area contributed by atoms with Crippen LogP contribution < -0.4 is 16.4 Å². The van der Waals surface area contributed by atoms with Crippen molar-refractivity contribution in [3.8, 4) is 0 Å². The summed E-state index contributed by atoms with van der Waals surface area (Å²) in [7, 11) is -16.5. The van der Waals surface area contributed by atoms with E-state index < -0.39 is 84.6 Å². The van der Waals surface area contributed by atoms with Crippen molar-refractivity contribution in [1.29, 1.82) is 0 Å². The van der Waals surface area contributed by atoms with Crippen molar-refractivity contribution >= 4 is 74.9 Å². The number of carbonyl (C=O) groups is 4. The Balaban J connectivity index is 1.22. The maximum atomic E-state index is 12.8. The van der Waals surface area contributed by atoms with E-state index in [4.69, 9.17) is 19.5 Å². The van der Waals surface area contributed by atoms with Gasteiger partial charge in [-0.05, 0) is 6.42 Å². The molecule has 7 atom stereocenters. The second-order valence-corrected chi connectivity index (χ2v) is 25.2. The number of nitrogens with zero attached hydrogens (tertiary/aromatic N) is 4. The number of hydrogen-bond acceptors (Lipinski definition) is 19. The first-order valence-electron chi connectivity index (χ1n) is 26.5. The first-order chi connectivity index (χ1) is 35.9. The molecule has 0 spiro atoms. The first kappa shape index (κ1) is 67.5. The molecule has 2 amide bonds. The maximum Gasteiger partial charge on any atom is 0.481 e. The lowest BCUT2D eigenvalue weighted by Gasteiger charge is -2.30. The van der Waals surface area contributed by atoms with Crippen molar-refractivity contribution in [1.82, 2.24) is 30.2 Å². The Morgan fingerprint density at radius 2 is 1.32 bits per heavy atom. The minimum atomic E-state index is -5.59. The maximum absolute atomic E-state index is 12.8. The van der Waals surface area contributed by atoms with E-state index in [1.165, 1.54) is 123 Å². The van der Waals surface area contributed by atoms with Crippen LogP contribution >= 0.6 is 35.2 Å². The van der Waals surface area contributed by atoms with Crippen molar-refractivity contribution in [3.63, 3.8) is 0 Å². The van der Waals surface area contributed by atoms with Crippen LogP contribution in [0.15, 0.2) is 12.7 Å². The number of Topliss-reactive ketones (excluding diaryl/α,β-unsaturated/α-hetero) is 1. The van der Waals surface area contributed by atoms with Crippen LogP contribution in [-0.4, -0.2) is 128 Å². The lowest BCUT2D eigenvalue weighted by molar-refractivity contribution is -0.137. The molecule has 2 aromatic heterocycles. The van der Waals surface area contributed by atoms with Crippen LogP contribution in [0.3, 0.4) is 0 Å². The van der Waals surface area contributed by atoms with Gasteiger partial charge in [0.05, 0.1) is 26.0 Å². The van der Waals surface area contributed by atoms with Gasteiger partial charge in [0, 0.05) is 37.1 Å². The number of unbranched alkanes of at least 4 members (excludes halogenated alkanes) is 20. The Kier molecular flexibility index (Phi) is 31.1. The number of aliphatic hydroxyl groups is 2. The molecule has 76 heavy (non-hydrogen) atoms. The van der Waals surface area contributed by atoms with Crippen LogP contribution in [0.5, 0.6) is 0 Å². The summed E-state index contributed by atoms with van der Waals surface area (Å²) in [4.78, 5) is 101. The SMILES string of the molecule is CCCCCCCCCCCCCCCCCCCCCCCC(=O)CC(=O)SCCNC(=O)CCNC(=O)C(O)C(C)(C)COP(=O)(O)OP(=O)(O)OCC1OC(n2cnc3c(N)ncnc32)C(O)C1OP(=O)(O)O. The number of anilines is 1. The van der Waals surface area contributed by atoms with E-state index in [0.717, 1.165) is 54.7 Å². The number of phosphoric acid groups is 3. The van der Waals surface area contributed by atoms with Gasteiger partial charge >= 0.3 is 23.5 Å². The van der Waals surface area contributed by atoms with Gasteiger partial charge in [-0.2, -0.15) is 4.31 Å². The van der Waals surface area contributed by atoms with Crippen molar-refractivity contribution in [2.75, 3.05) is 37.8 Å². The molecule has 29 heteroatoms. The van der Waals surface area contributed by atoms with E-state index in [2.05, 4.69) is 41.3 Å². The van der Waals surface area contributed by atoms with Crippen LogP contribution in [0.2, 0.25) is 0 Å². The van der Waals surface area contributed by atoms with Crippen molar-refractivity contribution in [2.24, 2.45) is 5.41 Å². The van der Waals surface area contributed by atoms with Gasteiger partial charge in [0.1, 0.15) is 42.0 Å². The van der Waals surface area contributed by atoms with E-state index >= 15 is 0 Å². The summed E-state index contributed by atoms with van der Waals surface area (Å²) < 4.78 is 62.5. The highest BCUT2D eigenvalue weighted by Crippen LogP contribution is 2.61. The molecule has 0 saturated carbocycles. The molecule has 2 aromatic rings. The van der Waals surface area contributed by atoms with Gasteiger partial charge in [-0.15, -0.1) is 0 Å². The average molecular weight is 1160 g/mol. The van der Waals surface area contributed by atoms with Gasteiger partial charge in [-0.25, -0.2) is 28.6 Å². The fraction of sp³-hybridized carbons (Fsp3) is 0.809. The lowest BCUT2D eigenvalue weighted by atomic mass is 9.87. The molecule has 1 aliphatic rings. The van der Waals surface area contributed by atoms with Crippen molar-refractivity contribution in [3.05, 3.63) is 12.7 Å². The Labute approximate surface area is 450 Å². The third kappa shape index (κ3) is 26.9. The Morgan fingerprint density at radius 1 is 0.776 bits per heavy atom. The number of amides is 2. The number of fused-ring (bicyclic) bond motifs is 1. The van der Waals surface area contributed by atoms with Crippen LogP contribution in [0, 0.1) is 5.41 Å². The smallest absolute Gasteiger partial charge is 0.386 e. The van der Waals surface area contributed by atoms with Gasteiger partial charge < -0.3 is 50.9 Å². The van der Waals surface area contributed by atoms with Crippen molar-refractivity contribution in [2.45, 2.75) is 206 Å². The molecule has 1 saturated heterocycles. The van der Waals surface area contributed by atoms with E-state index in [1.807, 2.05) is 0 Å². The van der Waals surface area contributed by atoms with Crippen LogP contribution in [0.4, 0.5) is 5.82 Å². The number of ketones is 1. The number of aromatic nitrogens is 4. The number of ether oxygens (including phenoxy) is 1. The number of nitrogens with two attached hydrogens (primary N) is 1. The number of rotatable bonds is 43. The van der Waals surface area contributed by atoms with Gasteiger partial charge in [-0.3, -0.25) is 37.3 Å². The molecule has 0 aliphatic carbocycles. The predicted octanol–water partition coefficient (Wildman–Crippen LogP) is 7.23. The van der Waals surface area contributed by atoms with Crippen LogP contribution in [0.25, 0.3) is 11.2 Å². The van der Waals surface area contributed by atoms with E-state index in [-0.39, 0.29) is 59.6 Å². The Morgan fingerprint density at radius 3 is 1.87 bits per heavy atom. The monoisotopic (exact) mass is 1160 g/mol. The molecule has 0 aromatic carbocycles. The second kappa shape index (κ2) is 35.1. The molecule has 436 valence electrons. The number of phosphoric ester groups is 3. The normalized spacial score (nSPS) is 19.1. The third-order valence-corrected chi connectivity index (χ3v) is 16.6. The summed E-state index contributed by atoms with van der Waals surface area (Å²) in [5, 5.41) is 26.3. The quantitative estimate of drug-likeness (QED) is 0.0180. The third-order valence-electron chi connectivity index (χ3n) is 12.7. The van der Waals surface area contributed by atoms with E-state index in [0.29, 0.717) is 6.42 Å². The summed E-state index contributed by atoms with van der Waals surface area (Å²) in [6.45, 7) is 2.62. The minimum absolute atomic E-state index is 0.0272. The number of hydrogen-bond donors (Lipinski definition) is 9. The zero-order chi connectivity index (χ0) is 56.2. The molecule has 0 radical (unpaired) electrons. The van der Waals surface area contributed by atoms with Crippen LogP contribution in [0.1, 0.15) is 181 Å². The molecule has 10 N–H and O–H groups in total. The number of imidazole rings is 1. The Bertz CT molecular complexity index is 2220.